The molecule has 1 unspecified atom stereocenters. The van der Waals surface area contributed by atoms with Crippen LogP contribution in [0.25, 0.3) is 0 Å². The number of ether oxygens (including phenoxy) is 1. The van der Waals surface area contributed by atoms with E-state index in [0.29, 0.717) is 0 Å². The zero-order valence-electron chi connectivity index (χ0n) is 12.8. The van der Waals surface area contributed by atoms with Crippen LogP contribution in [0, 0.1) is 20.8 Å². The van der Waals surface area contributed by atoms with Crippen LogP contribution in [-0.2, 0) is 0 Å². The summed E-state index contributed by atoms with van der Waals surface area (Å²) in [6.07, 6.45) is 3.80. The second kappa shape index (κ2) is 6.06. The number of aromatic nitrogens is 1. The van der Waals surface area contributed by atoms with Crippen molar-refractivity contribution in [3.63, 3.8) is 0 Å². The van der Waals surface area contributed by atoms with Crippen LogP contribution in [0.5, 0.6) is 5.75 Å². The van der Waals surface area contributed by atoms with E-state index in [1.54, 1.807) is 7.11 Å². The van der Waals surface area contributed by atoms with Crippen LogP contribution in [0.1, 0.15) is 33.9 Å². The first-order valence-electron chi connectivity index (χ1n) is 6.80. The van der Waals surface area contributed by atoms with E-state index < -0.39 is 0 Å². The molecule has 1 N–H and O–H groups in total. The first-order valence-corrected chi connectivity index (χ1v) is 6.80. The molecule has 20 heavy (non-hydrogen) atoms. The molecule has 1 aromatic heterocycles. The van der Waals surface area contributed by atoms with Gasteiger partial charge < -0.3 is 10.1 Å². The molecule has 2 aromatic rings. The monoisotopic (exact) mass is 270 g/mol. The summed E-state index contributed by atoms with van der Waals surface area (Å²) in [6.45, 7) is 6.25. The van der Waals surface area contributed by atoms with Crippen molar-refractivity contribution < 1.29 is 4.74 Å². The van der Waals surface area contributed by atoms with Gasteiger partial charge in [0.2, 0.25) is 0 Å². The Balaban J connectivity index is 2.49. The summed E-state index contributed by atoms with van der Waals surface area (Å²) >= 11 is 0. The van der Waals surface area contributed by atoms with Gasteiger partial charge in [-0.25, -0.2) is 0 Å². The number of hydrogen-bond acceptors (Lipinski definition) is 3. The molecule has 1 atom stereocenters. The highest BCUT2D eigenvalue weighted by atomic mass is 16.5. The van der Waals surface area contributed by atoms with E-state index in [-0.39, 0.29) is 6.04 Å². The molecule has 1 aromatic carbocycles. The fourth-order valence-electron chi connectivity index (χ4n) is 2.58. The largest absolute Gasteiger partial charge is 0.496 e. The summed E-state index contributed by atoms with van der Waals surface area (Å²) in [6, 6.07) is 6.61. The predicted octanol–water partition coefficient (Wildman–Crippen LogP) is 3.32. The Bertz CT molecular complexity index is 608. The van der Waals surface area contributed by atoms with Crippen molar-refractivity contribution in [3.05, 3.63) is 58.4 Å². The zero-order valence-corrected chi connectivity index (χ0v) is 12.8. The standard InChI is InChI=1S/C17H22N2O/c1-11-6-14(10-19-9-11)17(18-4)15-7-13(3)16(20-5)8-12(15)2/h6-10,17-18H,1-5H3. The SMILES string of the molecule is CNC(c1cncc(C)c1)c1cc(C)c(OC)cc1C. The smallest absolute Gasteiger partial charge is 0.122 e. The molecule has 0 spiro atoms. The van der Waals surface area contributed by atoms with Crippen LogP contribution in [0.15, 0.2) is 30.6 Å². The number of benzene rings is 1. The Kier molecular flexibility index (Phi) is 4.40. The number of nitrogens with one attached hydrogen (secondary N) is 1. The van der Waals surface area contributed by atoms with E-state index in [0.717, 1.165) is 11.3 Å². The Hall–Kier alpha value is -1.87. The van der Waals surface area contributed by atoms with Crippen molar-refractivity contribution >= 4 is 0 Å². The summed E-state index contributed by atoms with van der Waals surface area (Å²) in [5.41, 5.74) is 5.98. The molecule has 1 heterocycles. The molecular weight excluding hydrogens is 248 g/mol. The predicted molar refractivity (Wildman–Crippen MR) is 82.3 cm³/mol. The van der Waals surface area contributed by atoms with Gasteiger partial charge in [0.25, 0.3) is 0 Å². The number of hydrogen-bond donors (Lipinski definition) is 1. The molecule has 106 valence electrons. The molecule has 3 heteroatoms. The normalized spacial score (nSPS) is 12.2. The van der Waals surface area contributed by atoms with E-state index in [2.05, 4.69) is 49.3 Å². The van der Waals surface area contributed by atoms with Crippen LogP contribution in [-0.4, -0.2) is 19.1 Å². The number of methoxy groups -OCH3 is 1. The summed E-state index contributed by atoms with van der Waals surface area (Å²) in [7, 11) is 3.69. The second-order valence-corrected chi connectivity index (χ2v) is 5.20. The Morgan fingerprint density at radius 1 is 1.05 bits per heavy atom. The molecule has 0 aliphatic rings. The third kappa shape index (κ3) is 2.83. The molecule has 0 saturated heterocycles. The van der Waals surface area contributed by atoms with Crippen molar-refractivity contribution in [2.45, 2.75) is 26.8 Å². The van der Waals surface area contributed by atoms with Gasteiger partial charge in [0.05, 0.1) is 13.2 Å². The third-order valence-corrected chi connectivity index (χ3v) is 3.61. The molecule has 0 aliphatic heterocycles. The number of aryl methyl sites for hydroxylation is 3. The van der Waals surface area contributed by atoms with E-state index in [4.69, 9.17) is 4.74 Å². The molecule has 0 fully saturated rings. The van der Waals surface area contributed by atoms with Gasteiger partial charge in [-0.2, -0.15) is 0 Å². The van der Waals surface area contributed by atoms with Crippen molar-refractivity contribution in [1.29, 1.82) is 0 Å². The van der Waals surface area contributed by atoms with Gasteiger partial charge in [-0.1, -0.05) is 12.1 Å². The van der Waals surface area contributed by atoms with Crippen molar-refractivity contribution in [1.82, 2.24) is 10.3 Å². The second-order valence-electron chi connectivity index (χ2n) is 5.20. The quantitative estimate of drug-likeness (QED) is 0.925. The van der Waals surface area contributed by atoms with Crippen LogP contribution < -0.4 is 10.1 Å². The highest BCUT2D eigenvalue weighted by Crippen LogP contribution is 2.30. The van der Waals surface area contributed by atoms with Crippen LogP contribution in [0.4, 0.5) is 0 Å². The summed E-state index contributed by atoms with van der Waals surface area (Å²) in [5, 5.41) is 3.39. The fraction of sp³-hybridized carbons (Fsp3) is 0.353. The lowest BCUT2D eigenvalue weighted by Crippen LogP contribution is -2.19. The Morgan fingerprint density at radius 2 is 1.80 bits per heavy atom. The van der Waals surface area contributed by atoms with Gasteiger partial charge in [0.15, 0.2) is 0 Å². The van der Waals surface area contributed by atoms with Crippen molar-refractivity contribution in [2.24, 2.45) is 0 Å². The number of nitrogens with zero attached hydrogens (tertiary/aromatic N) is 1. The lowest BCUT2D eigenvalue weighted by molar-refractivity contribution is 0.411. The number of pyridine rings is 1. The Morgan fingerprint density at radius 3 is 2.40 bits per heavy atom. The van der Waals surface area contributed by atoms with E-state index >= 15 is 0 Å². The molecule has 3 nitrogen and oxygen atoms in total. The molecule has 0 saturated carbocycles. The fourth-order valence-corrected chi connectivity index (χ4v) is 2.58. The summed E-state index contributed by atoms with van der Waals surface area (Å²) in [4.78, 5) is 4.30. The minimum absolute atomic E-state index is 0.145. The minimum Gasteiger partial charge on any atom is -0.496 e. The van der Waals surface area contributed by atoms with Gasteiger partial charge in [0, 0.05) is 12.4 Å². The zero-order chi connectivity index (χ0) is 14.7. The third-order valence-electron chi connectivity index (χ3n) is 3.61. The van der Waals surface area contributed by atoms with Crippen LogP contribution in [0.3, 0.4) is 0 Å². The van der Waals surface area contributed by atoms with Crippen LogP contribution >= 0.6 is 0 Å². The molecule has 0 aliphatic carbocycles. The maximum absolute atomic E-state index is 5.39. The Labute approximate surface area is 121 Å². The van der Waals surface area contributed by atoms with E-state index in [9.17, 15) is 0 Å². The van der Waals surface area contributed by atoms with Crippen molar-refractivity contribution in [2.75, 3.05) is 14.2 Å². The molecule has 0 amide bonds. The average Bonchev–Trinajstić information content (AvgIpc) is 2.43. The van der Waals surface area contributed by atoms with Gasteiger partial charge >= 0.3 is 0 Å². The minimum atomic E-state index is 0.145. The lowest BCUT2D eigenvalue weighted by Gasteiger charge is -2.21. The van der Waals surface area contributed by atoms with Crippen molar-refractivity contribution in [3.8, 4) is 5.75 Å². The molecule has 2 rings (SSSR count). The molecule has 0 bridgehead atoms. The number of rotatable bonds is 4. The highest BCUT2D eigenvalue weighted by Gasteiger charge is 2.16. The van der Waals surface area contributed by atoms with Gasteiger partial charge in [-0.05, 0) is 61.7 Å². The van der Waals surface area contributed by atoms with Crippen LogP contribution in [0.2, 0.25) is 0 Å². The summed E-state index contributed by atoms with van der Waals surface area (Å²) in [5.74, 6) is 0.934. The maximum atomic E-state index is 5.39. The highest BCUT2D eigenvalue weighted by molar-refractivity contribution is 5.45. The molecule has 0 radical (unpaired) electrons. The average molecular weight is 270 g/mol. The van der Waals surface area contributed by atoms with Gasteiger partial charge in [-0.15, -0.1) is 0 Å². The van der Waals surface area contributed by atoms with E-state index in [1.165, 1.54) is 22.3 Å². The summed E-state index contributed by atoms with van der Waals surface area (Å²) < 4.78 is 5.39. The first-order chi connectivity index (χ1) is 9.56. The lowest BCUT2D eigenvalue weighted by atomic mass is 9.93. The first kappa shape index (κ1) is 14.5. The van der Waals surface area contributed by atoms with E-state index in [1.807, 2.05) is 19.4 Å². The maximum Gasteiger partial charge on any atom is 0.122 e. The topological polar surface area (TPSA) is 34.2 Å². The molecular formula is C17H22N2O. The van der Waals surface area contributed by atoms with Gasteiger partial charge in [0.1, 0.15) is 5.75 Å². The van der Waals surface area contributed by atoms with Gasteiger partial charge in [-0.3, -0.25) is 4.98 Å².